The molecule has 27 heavy (non-hydrogen) atoms. The van der Waals surface area contributed by atoms with Crippen LogP contribution in [0.15, 0.2) is 42.7 Å². The van der Waals surface area contributed by atoms with Gasteiger partial charge in [-0.2, -0.15) is 5.10 Å². The SMILES string of the molecule is Cc1nn(-c2ccccc2)cc1CN1CCC[C@@H](Cn2cc(CN)nn2)C1. The first-order valence-corrected chi connectivity index (χ1v) is 9.63. The average Bonchev–Trinajstić information content (AvgIpc) is 3.29. The molecule has 0 unspecified atom stereocenters. The Balaban J connectivity index is 1.40. The van der Waals surface area contributed by atoms with Gasteiger partial charge in [-0.05, 0) is 44.4 Å². The molecule has 142 valence electrons. The molecular weight excluding hydrogens is 338 g/mol. The topological polar surface area (TPSA) is 77.8 Å². The van der Waals surface area contributed by atoms with Gasteiger partial charge < -0.3 is 5.73 Å². The van der Waals surface area contributed by atoms with E-state index < -0.39 is 0 Å². The Bertz CT molecular complexity index is 868. The van der Waals surface area contributed by atoms with Crippen LogP contribution in [0.4, 0.5) is 0 Å². The minimum atomic E-state index is 0.446. The van der Waals surface area contributed by atoms with Crippen molar-refractivity contribution in [3.8, 4) is 5.69 Å². The predicted octanol–water partition coefficient (Wildman–Crippen LogP) is 2.14. The van der Waals surface area contributed by atoms with E-state index in [1.165, 1.54) is 18.4 Å². The van der Waals surface area contributed by atoms with Gasteiger partial charge in [-0.25, -0.2) is 4.68 Å². The minimum absolute atomic E-state index is 0.446. The molecule has 2 aromatic heterocycles. The third kappa shape index (κ3) is 4.26. The lowest BCUT2D eigenvalue weighted by atomic mass is 9.97. The summed E-state index contributed by atoms with van der Waals surface area (Å²) in [5.74, 6) is 0.593. The summed E-state index contributed by atoms with van der Waals surface area (Å²) in [5, 5.41) is 13.0. The molecule has 0 spiro atoms. The van der Waals surface area contributed by atoms with Crippen LogP contribution in [0.25, 0.3) is 5.69 Å². The molecule has 1 atom stereocenters. The van der Waals surface area contributed by atoms with Crippen molar-refractivity contribution in [1.29, 1.82) is 0 Å². The second-order valence-electron chi connectivity index (χ2n) is 7.40. The van der Waals surface area contributed by atoms with E-state index in [9.17, 15) is 0 Å². The van der Waals surface area contributed by atoms with Crippen molar-refractivity contribution in [3.63, 3.8) is 0 Å². The number of benzene rings is 1. The van der Waals surface area contributed by atoms with Crippen LogP contribution >= 0.6 is 0 Å². The number of piperidine rings is 1. The van der Waals surface area contributed by atoms with Crippen molar-refractivity contribution in [2.75, 3.05) is 13.1 Å². The smallest absolute Gasteiger partial charge is 0.0962 e. The first-order chi connectivity index (χ1) is 13.2. The van der Waals surface area contributed by atoms with Crippen LogP contribution in [0.1, 0.15) is 29.8 Å². The minimum Gasteiger partial charge on any atom is -0.325 e. The highest BCUT2D eigenvalue weighted by Crippen LogP contribution is 2.21. The predicted molar refractivity (Wildman–Crippen MR) is 104 cm³/mol. The Kier molecular flexibility index (Phi) is 5.31. The van der Waals surface area contributed by atoms with Crippen molar-refractivity contribution in [1.82, 2.24) is 29.7 Å². The lowest BCUT2D eigenvalue weighted by molar-refractivity contribution is 0.152. The third-order valence-electron chi connectivity index (χ3n) is 5.26. The van der Waals surface area contributed by atoms with Gasteiger partial charge in [-0.3, -0.25) is 9.58 Å². The molecule has 0 aliphatic carbocycles. The third-order valence-corrected chi connectivity index (χ3v) is 5.26. The van der Waals surface area contributed by atoms with E-state index in [-0.39, 0.29) is 0 Å². The van der Waals surface area contributed by atoms with Gasteiger partial charge in [-0.15, -0.1) is 5.10 Å². The Hall–Kier alpha value is -2.51. The van der Waals surface area contributed by atoms with Gasteiger partial charge in [0.1, 0.15) is 0 Å². The van der Waals surface area contributed by atoms with Crippen LogP contribution in [0.5, 0.6) is 0 Å². The molecule has 1 fully saturated rings. The number of aryl methyl sites for hydroxylation is 1. The molecule has 2 N–H and O–H groups in total. The van der Waals surface area contributed by atoms with Crippen LogP contribution in [0, 0.1) is 12.8 Å². The Labute approximate surface area is 159 Å². The maximum absolute atomic E-state index is 5.63. The van der Waals surface area contributed by atoms with E-state index in [0.29, 0.717) is 12.5 Å². The van der Waals surface area contributed by atoms with E-state index in [1.54, 1.807) is 0 Å². The van der Waals surface area contributed by atoms with Gasteiger partial charge in [0.2, 0.25) is 0 Å². The number of nitrogens with two attached hydrogens (primary N) is 1. The van der Waals surface area contributed by atoms with Crippen LogP contribution in [0.2, 0.25) is 0 Å². The van der Waals surface area contributed by atoms with Gasteiger partial charge >= 0.3 is 0 Å². The van der Waals surface area contributed by atoms with Gasteiger partial charge in [0.05, 0.1) is 17.1 Å². The second-order valence-corrected chi connectivity index (χ2v) is 7.40. The number of aromatic nitrogens is 5. The van der Waals surface area contributed by atoms with E-state index in [0.717, 1.165) is 43.3 Å². The molecule has 3 heterocycles. The summed E-state index contributed by atoms with van der Waals surface area (Å²) in [6.07, 6.45) is 6.58. The number of hydrogen-bond acceptors (Lipinski definition) is 5. The molecule has 0 radical (unpaired) electrons. The fourth-order valence-corrected chi connectivity index (χ4v) is 3.83. The van der Waals surface area contributed by atoms with Crippen LogP contribution in [-0.4, -0.2) is 42.8 Å². The molecule has 1 aliphatic heterocycles. The standard InChI is InChI=1S/C20H27N7/c1-16-18(14-27(23-16)20-7-3-2-4-8-20)13-25-9-5-6-17(11-25)12-26-15-19(10-21)22-24-26/h2-4,7-8,14-15,17H,5-6,9-13,21H2,1H3/t17-/m1/s1. The molecule has 1 aromatic carbocycles. The fraction of sp³-hybridized carbons (Fsp3) is 0.450. The van der Waals surface area contributed by atoms with Gasteiger partial charge in [-0.1, -0.05) is 23.4 Å². The Morgan fingerprint density at radius 1 is 1.19 bits per heavy atom. The largest absolute Gasteiger partial charge is 0.325 e. The van der Waals surface area contributed by atoms with Gasteiger partial charge in [0.25, 0.3) is 0 Å². The molecule has 0 bridgehead atoms. The molecule has 1 aliphatic rings. The lowest BCUT2D eigenvalue weighted by Crippen LogP contribution is -2.36. The quantitative estimate of drug-likeness (QED) is 0.724. The van der Waals surface area contributed by atoms with Crippen LogP contribution in [-0.2, 0) is 19.6 Å². The number of likely N-dealkylation sites (tertiary alicyclic amines) is 1. The number of rotatable bonds is 6. The van der Waals surface area contributed by atoms with E-state index in [4.69, 9.17) is 10.8 Å². The maximum Gasteiger partial charge on any atom is 0.0962 e. The highest BCUT2D eigenvalue weighted by atomic mass is 15.4. The molecule has 7 heteroatoms. The zero-order chi connectivity index (χ0) is 18.6. The highest BCUT2D eigenvalue weighted by Gasteiger charge is 2.22. The lowest BCUT2D eigenvalue weighted by Gasteiger charge is -2.32. The Morgan fingerprint density at radius 3 is 2.81 bits per heavy atom. The summed E-state index contributed by atoms with van der Waals surface area (Å²) in [7, 11) is 0. The van der Waals surface area contributed by atoms with E-state index in [1.807, 2.05) is 33.8 Å². The van der Waals surface area contributed by atoms with Gasteiger partial charge in [0.15, 0.2) is 0 Å². The number of nitrogens with zero attached hydrogens (tertiary/aromatic N) is 6. The zero-order valence-electron chi connectivity index (χ0n) is 15.8. The molecule has 7 nitrogen and oxygen atoms in total. The summed E-state index contributed by atoms with van der Waals surface area (Å²) >= 11 is 0. The molecule has 0 amide bonds. The molecule has 1 saturated heterocycles. The first kappa shape index (κ1) is 17.9. The summed E-state index contributed by atoms with van der Waals surface area (Å²) in [4.78, 5) is 2.54. The second kappa shape index (κ2) is 8.02. The molecular formula is C20H27N7. The van der Waals surface area contributed by atoms with Crippen LogP contribution in [0.3, 0.4) is 0 Å². The molecule has 3 aromatic rings. The van der Waals surface area contributed by atoms with Crippen molar-refractivity contribution < 1.29 is 0 Å². The summed E-state index contributed by atoms with van der Waals surface area (Å²) < 4.78 is 3.92. The highest BCUT2D eigenvalue weighted by molar-refractivity contribution is 5.32. The summed E-state index contributed by atoms with van der Waals surface area (Å²) in [6.45, 7) is 6.61. The monoisotopic (exact) mass is 365 g/mol. The number of hydrogen-bond donors (Lipinski definition) is 1. The fourth-order valence-electron chi connectivity index (χ4n) is 3.83. The van der Waals surface area contributed by atoms with Crippen molar-refractivity contribution in [2.24, 2.45) is 11.7 Å². The Morgan fingerprint density at radius 2 is 2.04 bits per heavy atom. The van der Waals surface area contributed by atoms with Gasteiger partial charge in [0, 0.05) is 44.1 Å². The normalized spacial score (nSPS) is 18.1. The van der Waals surface area contributed by atoms with E-state index >= 15 is 0 Å². The van der Waals surface area contributed by atoms with Crippen molar-refractivity contribution in [3.05, 3.63) is 59.7 Å². The summed E-state index contributed by atoms with van der Waals surface area (Å²) in [6, 6.07) is 10.3. The maximum atomic E-state index is 5.63. The zero-order valence-corrected chi connectivity index (χ0v) is 15.8. The average molecular weight is 365 g/mol. The van der Waals surface area contributed by atoms with E-state index in [2.05, 4.69) is 40.5 Å². The van der Waals surface area contributed by atoms with Crippen molar-refractivity contribution in [2.45, 2.75) is 39.4 Å². The van der Waals surface area contributed by atoms with Crippen molar-refractivity contribution >= 4 is 0 Å². The molecule has 4 rings (SSSR count). The number of para-hydroxylation sites is 1. The summed E-state index contributed by atoms with van der Waals surface area (Å²) in [5.41, 5.74) is 9.98. The van der Waals surface area contributed by atoms with Crippen LogP contribution < -0.4 is 5.73 Å². The first-order valence-electron chi connectivity index (χ1n) is 9.63. The molecule has 0 saturated carbocycles.